The molecule has 8 heteroatoms. The minimum absolute atomic E-state index is 0.0241. The SMILES string of the molecule is CC(CC(=O)NCC(Oc1ccc(F)cc1)C(=O)O)NC(=O)C1CCCC1. The Morgan fingerprint density at radius 2 is 1.85 bits per heavy atom. The van der Waals surface area contributed by atoms with Crippen molar-refractivity contribution in [3.8, 4) is 5.75 Å². The molecule has 2 rings (SSSR count). The Hall–Kier alpha value is -2.64. The fourth-order valence-corrected chi connectivity index (χ4v) is 3.01. The Bertz CT molecular complexity index is 659. The molecular formula is C19H25FN2O5. The molecule has 1 saturated carbocycles. The highest BCUT2D eigenvalue weighted by Gasteiger charge is 2.25. The van der Waals surface area contributed by atoms with Crippen LogP contribution < -0.4 is 15.4 Å². The Labute approximate surface area is 157 Å². The average Bonchev–Trinajstić information content (AvgIpc) is 3.14. The van der Waals surface area contributed by atoms with E-state index in [0.29, 0.717) is 0 Å². The van der Waals surface area contributed by atoms with E-state index in [4.69, 9.17) is 4.74 Å². The standard InChI is InChI=1S/C19H25FN2O5/c1-12(22-18(24)13-4-2-3-5-13)10-17(23)21-11-16(19(25)26)27-15-8-6-14(20)7-9-15/h6-9,12-13,16H,2-5,10-11H2,1H3,(H,21,23)(H,22,24)(H,25,26). The highest BCUT2D eigenvalue weighted by atomic mass is 19.1. The molecule has 2 unspecified atom stereocenters. The molecule has 0 saturated heterocycles. The molecule has 2 amide bonds. The number of carboxylic acids is 1. The lowest BCUT2D eigenvalue weighted by Crippen LogP contribution is -2.43. The van der Waals surface area contributed by atoms with Crippen molar-refractivity contribution in [1.82, 2.24) is 10.6 Å². The third-order valence-electron chi connectivity index (χ3n) is 4.46. The lowest BCUT2D eigenvalue weighted by Gasteiger charge is -2.18. The fraction of sp³-hybridized carbons (Fsp3) is 0.526. The molecule has 0 spiro atoms. The van der Waals surface area contributed by atoms with Crippen molar-refractivity contribution in [2.75, 3.05) is 6.54 Å². The first-order valence-electron chi connectivity index (χ1n) is 9.07. The number of rotatable bonds is 9. The summed E-state index contributed by atoms with van der Waals surface area (Å²) in [5, 5.41) is 14.5. The topological polar surface area (TPSA) is 105 Å². The smallest absolute Gasteiger partial charge is 0.346 e. The predicted octanol–water partition coefficient (Wildman–Crippen LogP) is 1.86. The molecule has 1 aliphatic rings. The van der Waals surface area contributed by atoms with Crippen LogP contribution in [-0.4, -0.2) is 41.6 Å². The van der Waals surface area contributed by atoms with Crippen molar-refractivity contribution in [2.24, 2.45) is 5.92 Å². The Kier molecular flexibility index (Phi) is 7.57. The molecule has 2 atom stereocenters. The van der Waals surface area contributed by atoms with Crippen molar-refractivity contribution in [3.05, 3.63) is 30.1 Å². The summed E-state index contributed by atoms with van der Waals surface area (Å²) in [6.45, 7) is 1.49. The van der Waals surface area contributed by atoms with E-state index >= 15 is 0 Å². The van der Waals surface area contributed by atoms with Gasteiger partial charge in [0.15, 0.2) is 0 Å². The summed E-state index contributed by atoms with van der Waals surface area (Å²) >= 11 is 0. The first kappa shape index (κ1) is 20.7. The van der Waals surface area contributed by atoms with Crippen LogP contribution in [0.2, 0.25) is 0 Å². The van der Waals surface area contributed by atoms with E-state index in [1.54, 1.807) is 6.92 Å². The molecule has 27 heavy (non-hydrogen) atoms. The van der Waals surface area contributed by atoms with E-state index in [0.717, 1.165) is 37.8 Å². The van der Waals surface area contributed by atoms with Crippen molar-refractivity contribution in [1.29, 1.82) is 0 Å². The normalized spacial score (nSPS) is 16.4. The molecule has 7 nitrogen and oxygen atoms in total. The van der Waals surface area contributed by atoms with Gasteiger partial charge in [0.1, 0.15) is 11.6 Å². The van der Waals surface area contributed by atoms with Crippen LogP contribution in [0, 0.1) is 11.7 Å². The number of carboxylic acid groups (broad SMARTS) is 1. The van der Waals surface area contributed by atoms with Gasteiger partial charge < -0.3 is 20.5 Å². The van der Waals surface area contributed by atoms with E-state index in [2.05, 4.69) is 10.6 Å². The maximum Gasteiger partial charge on any atom is 0.346 e. The van der Waals surface area contributed by atoms with Crippen molar-refractivity contribution < 1.29 is 28.6 Å². The zero-order valence-electron chi connectivity index (χ0n) is 15.2. The number of hydrogen-bond acceptors (Lipinski definition) is 4. The number of nitrogens with one attached hydrogen (secondary N) is 2. The van der Waals surface area contributed by atoms with Gasteiger partial charge >= 0.3 is 5.97 Å². The van der Waals surface area contributed by atoms with Gasteiger partial charge in [-0.25, -0.2) is 9.18 Å². The second kappa shape index (κ2) is 9.89. The molecule has 0 radical (unpaired) electrons. The Morgan fingerprint density at radius 1 is 1.22 bits per heavy atom. The summed E-state index contributed by atoms with van der Waals surface area (Å²) in [5.41, 5.74) is 0. The molecule has 1 aromatic rings. The van der Waals surface area contributed by atoms with Crippen LogP contribution in [0.25, 0.3) is 0 Å². The molecule has 1 fully saturated rings. The lowest BCUT2D eigenvalue weighted by molar-refractivity contribution is -0.145. The number of amides is 2. The number of hydrogen-bond donors (Lipinski definition) is 3. The summed E-state index contributed by atoms with van der Waals surface area (Å²) in [6.07, 6.45) is 2.61. The second-order valence-electron chi connectivity index (χ2n) is 6.80. The Morgan fingerprint density at radius 3 is 2.44 bits per heavy atom. The number of ether oxygens (including phenoxy) is 1. The van der Waals surface area contributed by atoms with Gasteiger partial charge in [-0.1, -0.05) is 12.8 Å². The van der Waals surface area contributed by atoms with E-state index in [1.807, 2.05) is 0 Å². The number of carbonyl (C=O) groups is 3. The minimum Gasteiger partial charge on any atom is -0.478 e. The van der Waals surface area contributed by atoms with E-state index in [9.17, 15) is 23.9 Å². The van der Waals surface area contributed by atoms with Crippen molar-refractivity contribution in [3.63, 3.8) is 0 Å². The number of aliphatic carboxylic acids is 1. The van der Waals surface area contributed by atoms with Crippen LogP contribution in [0.15, 0.2) is 24.3 Å². The highest BCUT2D eigenvalue weighted by Crippen LogP contribution is 2.24. The van der Waals surface area contributed by atoms with Crippen LogP contribution in [0.5, 0.6) is 5.75 Å². The first-order valence-corrected chi connectivity index (χ1v) is 9.07. The van der Waals surface area contributed by atoms with E-state index < -0.39 is 17.9 Å². The third kappa shape index (κ3) is 6.88. The monoisotopic (exact) mass is 380 g/mol. The Balaban J connectivity index is 1.76. The first-order chi connectivity index (χ1) is 12.8. The molecule has 1 aromatic carbocycles. The number of carbonyl (C=O) groups excluding carboxylic acids is 2. The molecular weight excluding hydrogens is 355 g/mol. The summed E-state index contributed by atoms with van der Waals surface area (Å²) < 4.78 is 18.2. The molecule has 148 valence electrons. The maximum atomic E-state index is 12.9. The number of benzene rings is 1. The minimum atomic E-state index is -1.30. The van der Waals surface area contributed by atoms with Gasteiger partial charge in [0.25, 0.3) is 0 Å². The molecule has 0 bridgehead atoms. The molecule has 0 aromatic heterocycles. The molecule has 3 N–H and O–H groups in total. The molecule has 0 aliphatic heterocycles. The van der Waals surface area contributed by atoms with Gasteiger partial charge in [-0.3, -0.25) is 9.59 Å². The second-order valence-corrected chi connectivity index (χ2v) is 6.80. The summed E-state index contributed by atoms with van der Waals surface area (Å²) in [5.74, 6) is -1.91. The van der Waals surface area contributed by atoms with E-state index in [-0.39, 0.29) is 42.5 Å². The maximum absolute atomic E-state index is 12.9. The zero-order chi connectivity index (χ0) is 19.8. The van der Waals surface area contributed by atoms with Crippen LogP contribution >= 0.6 is 0 Å². The van der Waals surface area contributed by atoms with Crippen LogP contribution in [0.4, 0.5) is 4.39 Å². The van der Waals surface area contributed by atoms with Gasteiger partial charge in [-0.15, -0.1) is 0 Å². The van der Waals surface area contributed by atoms with Crippen molar-refractivity contribution >= 4 is 17.8 Å². The summed E-state index contributed by atoms with van der Waals surface area (Å²) in [4.78, 5) is 35.4. The highest BCUT2D eigenvalue weighted by molar-refractivity contribution is 5.81. The average molecular weight is 380 g/mol. The van der Waals surface area contributed by atoms with Crippen LogP contribution in [0.3, 0.4) is 0 Å². The van der Waals surface area contributed by atoms with Gasteiger partial charge in [-0.05, 0) is 44.0 Å². The van der Waals surface area contributed by atoms with Crippen LogP contribution in [0.1, 0.15) is 39.0 Å². The molecule has 1 aliphatic carbocycles. The zero-order valence-corrected chi connectivity index (χ0v) is 15.2. The van der Waals surface area contributed by atoms with Gasteiger partial charge in [0.05, 0.1) is 6.54 Å². The lowest BCUT2D eigenvalue weighted by atomic mass is 10.1. The van der Waals surface area contributed by atoms with Gasteiger partial charge in [-0.2, -0.15) is 0 Å². The fourth-order valence-electron chi connectivity index (χ4n) is 3.01. The largest absolute Gasteiger partial charge is 0.478 e. The quantitative estimate of drug-likeness (QED) is 0.607. The summed E-state index contributed by atoms with van der Waals surface area (Å²) in [7, 11) is 0. The summed E-state index contributed by atoms with van der Waals surface area (Å²) in [6, 6.07) is 4.59. The van der Waals surface area contributed by atoms with Gasteiger partial charge in [0.2, 0.25) is 17.9 Å². The van der Waals surface area contributed by atoms with E-state index in [1.165, 1.54) is 12.1 Å². The third-order valence-corrected chi connectivity index (χ3v) is 4.46. The predicted molar refractivity (Wildman–Crippen MR) is 95.6 cm³/mol. The van der Waals surface area contributed by atoms with Crippen LogP contribution in [-0.2, 0) is 14.4 Å². The number of halogens is 1. The molecule has 0 heterocycles. The van der Waals surface area contributed by atoms with Gasteiger partial charge in [0, 0.05) is 18.4 Å². The van der Waals surface area contributed by atoms with Crippen molar-refractivity contribution in [2.45, 2.75) is 51.2 Å².